The molecule has 31 heavy (non-hydrogen) atoms. The van der Waals surface area contributed by atoms with Crippen molar-refractivity contribution in [1.82, 2.24) is 5.32 Å². The fourth-order valence-corrected chi connectivity index (χ4v) is 3.03. The van der Waals surface area contributed by atoms with Crippen LogP contribution < -0.4 is 5.32 Å². The zero-order chi connectivity index (χ0) is 23.5. The molecule has 0 saturated carbocycles. The van der Waals surface area contributed by atoms with Crippen LogP contribution >= 0.6 is 0 Å². The number of benzene rings is 1. The number of carbonyl (C=O) groups excluding carboxylic acids is 3. The first-order valence-electron chi connectivity index (χ1n) is 9.65. The average Bonchev–Trinajstić information content (AvgIpc) is 2.62. The van der Waals surface area contributed by atoms with Crippen molar-refractivity contribution in [3.63, 3.8) is 0 Å². The molecule has 1 rings (SSSR count). The predicted molar refractivity (Wildman–Crippen MR) is 110 cm³/mol. The molecule has 1 unspecified atom stereocenters. The molecule has 0 aliphatic heterocycles. The Bertz CT molecular complexity index is 837. The van der Waals surface area contributed by atoms with Gasteiger partial charge in [-0.1, -0.05) is 44.2 Å². The van der Waals surface area contributed by atoms with Gasteiger partial charge in [-0.25, -0.2) is 4.79 Å². The van der Waals surface area contributed by atoms with Gasteiger partial charge in [0.1, 0.15) is 6.61 Å². The van der Waals surface area contributed by atoms with E-state index >= 15 is 0 Å². The highest BCUT2D eigenvalue weighted by Gasteiger charge is 2.28. The number of rotatable bonds is 12. The molecule has 0 heterocycles. The van der Waals surface area contributed by atoms with E-state index in [1.54, 1.807) is 13.8 Å². The molecule has 0 fully saturated rings. The Hall–Kier alpha value is -2.66. The molecule has 1 aromatic rings. The Morgan fingerprint density at radius 2 is 1.68 bits per heavy atom. The lowest BCUT2D eigenvalue weighted by Crippen LogP contribution is -2.32. The van der Waals surface area contributed by atoms with Crippen molar-refractivity contribution in [2.45, 2.75) is 52.9 Å². The van der Waals surface area contributed by atoms with Gasteiger partial charge in [-0.05, 0) is 17.4 Å². The zero-order valence-electron chi connectivity index (χ0n) is 17.8. The number of nitrogens with one attached hydrogen (secondary N) is 1. The molecule has 1 amide bonds. The van der Waals surface area contributed by atoms with Crippen LogP contribution in [0, 0.1) is 5.41 Å². The van der Waals surface area contributed by atoms with Crippen molar-refractivity contribution in [1.29, 1.82) is 0 Å². The van der Waals surface area contributed by atoms with E-state index in [-0.39, 0.29) is 32.4 Å². The van der Waals surface area contributed by atoms with E-state index in [0.717, 1.165) is 5.56 Å². The molecule has 0 aliphatic carbocycles. The Kier molecular flexibility index (Phi) is 10.4. The van der Waals surface area contributed by atoms with E-state index in [4.69, 9.17) is 18.8 Å². The van der Waals surface area contributed by atoms with Crippen molar-refractivity contribution >= 4 is 28.1 Å². The maximum Gasteiger partial charge on any atom is 0.410 e. The monoisotopic (exact) mass is 459 g/mol. The number of amides is 1. The number of ether oxygens (including phenoxy) is 3. The number of carbonyl (C=O) groups is 3. The number of alkyl carbamates (subject to hydrolysis) is 1. The summed E-state index contributed by atoms with van der Waals surface area (Å²) in [5.41, 5.74) is 0.123. The van der Waals surface area contributed by atoms with Gasteiger partial charge in [0.2, 0.25) is 6.29 Å². The summed E-state index contributed by atoms with van der Waals surface area (Å²) < 4.78 is 44.8. The third-order valence-corrected chi connectivity index (χ3v) is 4.71. The molecule has 0 bridgehead atoms. The largest absolute Gasteiger partial charge is 0.461 e. The van der Waals surface area contributed by atoms with Crippen LogP contribution in [-0.4, -0.2) is 49.6 Å². The third-order valence-electron chi connectivity index (χ3n) is 3.91. The van der Waals surface area contributed by atoms with Gasteiger partial charge in [0.05, 0.1) is 18.6 Å². The molecule has 11 heteroatoms. The molecule has 0 aliphatic rings. The molecule has 1 aromatic carbocycles. The third kappa shape index (κ3) is 13.3. The van der Waals surface area contributed by atoms with E-state index in [2.05, 4.69) is 5.32 Å². The molecule has 10 nitrogen and oxygen atoms in total. The minimum absolute atomic E-state index is 0.00156. The Morgan fingerprint density at radius 1 is 1.06 bits per heavy atom. The van der Waals surface area contributed by atoms with Crippen LogP contribution in [0.3, 0.4) is 0 Å². The van der Waals surface area contributed by atoms with Crippen molar-refractivity contribution in [3.8, 4) is 0 Å². The van der Waals surface area contributed by atoms with Gasteiger partial charge in [0.25, 0.3) is 10.1 Å². The van der Waals surface area contributed by atoms with Crippen LogP contribution in [0.2, 0.25) is 0 Å². The summed E-state index contributed by atoms with van der Waals surface area (Å²) in [6.07, 6.45) is -2.19. The summed E-state index contributed by atoms with van der Waals surface area (Å²) in [5, 5.41) is 2.27. The minimum atomic E-state index is -4.10. The Balaban J connectivity index is 2.31. The van der Waals surface area contributed by atoms with Crippen molar-refractivity contribution in [2.75, 3.05) is 12.3 Å². The van der Waals surface area contributed by atoms with Crippen LogP contribution in [0.1, 0.15) is 45.6 Å². The van der Waals surface area contributed by atoms with Gasteiger partial charge >= 0.3 is 18.0 Å². The Morgan fingerprint density at radius 3 is 2.29 bits per heavy atom. The summed E-state index contributed by atoms with van der Waals surface area (Å²) >= 11 is 0. The standard InChI is InChI=1S/C20H29NO9S/c1-15(30-19(24)21-10-7-11-31(25,26)27)29-18(23)13-20(2,3)12-17(22)28-14-16-8-5-4-6-9-16/h4-6,8-9,15H,7,10-14H2,1-3H3,(H,21,24)(H,25,26,27). The second-order valence-electron chi connectivity index (χ2n) is 7.69. The van der Waals surface area contributed by atoms with Gasteiger partial charge in [-0.2, -0.15) is 8.42 Å². The summed E-state index contributed by atoms with van der Waals surface area (Å²) in [6, 6.07) is 9.21. The molecule has 174 valence electrons. The molecule has 2 N–H and O–H groups in total. The summed E-state index contributed by atoms with van der Waals surface area (Å²) in [5.74, 6) is -1.61. The molecular weight excluding hydrogens is 430 g/mol. The van der Waals surface area contributed by atoms with E-state index < -0.39 is 45.6 Å². The fraction of sp³-hybridized carbons (Fsp3) is 0.550. The summed E-state index contributed by atoms with van der Waals surface area (Å²) in [6.45, 7) is 4.87. The van der Waals surface area contributed by atoms with Gasteiger partial charge in [0.15, 0.2) is 0 Å². The SMILES string of the molecule is CC(OC(=O)CC(C)(C)CC(=O)OCc1ccccc1)OC(=O)NCCCS(=O)(=O)O. The van der Waals surface area contributed by atoms with Crippen molar-refractivity contribution < 1.29 is 41.6 Å². The van der Waals surface area contributed by atoms with Gasteiger partial charge in [0, 0.05) is 13.5 Å². The second-order valence-corrected chi connectivity index (χ2v) is 9.27. The highest BCUT2D eigenvalue weighted by Crippen LogP contribution is 2.26. The summed E-state index contributed by atoms with van der Waals surface area (Å²) in [7, 11) is -4.10. The fourth-order valence-electron chi connectivity index (χ4n) is 2.52. The second kappa shape index (κ2) is 12.3. The molecule has 1 atom stereocenters. The maximum atomic E-state index is 12.1. The Labute approximate surface area is 182 Å². The van der Waals surface area contributed by atoms with Crippen LogP contribution in [0.4, 0.5) is 4.79 Å². The van der Waals surface area contributed by atoms with Crippen LogP contribution in [0.5, 0.6) is 0 Å². The van der Waals surface area contributed by atoms with Crippen LogP contribution in [0.15, 0.2) is 30.3 Å². The lowest BCUT2D eigenvalue weighted by atomic mass is 9.86. The number of hydrogen-bond donors (Lipinski definition) is 2. The first-order valence-corrected chi connectivity index (χ1v) is 11.3. The molecule has 0 aromatic heterocycles. The number of esters is 2. The molecule has 0 saturated heterocycles. The van der Waals surface area contributed by atoms with Crippen molar-refractivity contribution in [2.24, 2.45) is 5.41 Å². The first-order chi connectivity index (χ1) is 14.4. The van der Waals surface area contributed by atoms with Gasteiger partial charge < -0.3 is 19.5 Å². The molecule has 0 radical (unpaired) electrons. The normalized spacial score (nSPS) is 12.5. The van der Waals surface area contributed by atoms with Gasteiger partial charge in [-0.3, -0.25) is 14.1 Å². The summed E-state index contributed by atoms with van der Waals surface area (Å²) in [4.78, 5) is 35.7. The lowest BCUT2D eigenvalue weighted by molar-refractivity contribution is -0.167. The number of hydrogen-bond acceptors (Lipinski definition) is 8. The lowest BCUT2D eigenvalue weighted by Gasteiger charge is -2.23. The van der Waals surface area contributed by atoms with Crippen molar-refractivity contribution in [3.05, 3.63) is 35.9 Å². The minimum Gasteiger partial charge on any atom is -0.461 e. The van der Waals surface area contributed by atoms with E-state index in [9.17, 15) is 22.8 Å². The van der Waals surface area contributed by atoms with Gasteiger partial charge in [-0.15, -0.1) is 0 Å². The maximum absolute atomic E-state index is 12.1. The highest BCUT2D eigenvalue weighted by atomic mass is 32.2. The van der Waals surface area contributed by atoms with E-state index in [0.29, 0.717) is 0 Å². The van der Waals surface area contributed by atoms with E-state index in [1.165, 1.54) is 6.92 Å². The topological polar surface area (TPSA) is 145 Å². The quantitative estimate of drug-likeness (QED) is 0.208. The zero-order valence-corrected chi connectivity index (χ0v) is 18.6. The highest BCUT2D eigenvalue weighted by molar-refractivity contribution is 7.85. The van der Waals surface area contributed by atoms with Crippen LogP contribution in [-0.2, 0) is 40.5 Å². The van der Waals surface area contributed by atoms with Crippen LogP contribution in [0.25, 0.3) is 0 Å². The predicted octanol–water partition coefficient (Wildman–Crippen LogP) is 2.43. The molecule has 0 spiro atoms. The molecular formula is C20H29NO9S. The first kappa shape index (κ1) is 26.4. The smallest absolute Gasteiger partial charge is 0.410 e. The average molecular weight is 460 g/mol. The van der Waals surface area contributed by atoms with E-state index in [1.807, 2.05) is 30.3 Å².